The van der Waals surface area contributed by atoms with Crippen molar-refractivity contribution in [3.05, 3.63) is 45.9 Å². The Bertz CT molecular complexity index is 905. The first-order valence-corrected chi connectivity index (χ1v) is 12.2. The average Bonchev–Trinajstić information content (AvgIpc) is 3.25. The lowest BCUT2D eigenvalue weighted by Gasteiger charge is -2.22. The van der Waals surface area contributed by atoms with E-state index in [-0.39, 0.29) is 25.8 Å². The Hall–Kier alpha value is -1.67. The Morgan fingerprint density at radius 2 is 1.79 bits per heavy atom. The van der Waals surface area contributed by atoms with Crippen LogP contribution in [0.15, 0.2) is 34.8 Å². The van der Waals surface area contributed by atoms with Gasteiger partial charge in [0.15, 0.2) is 23.0 Å². The van der Waals surface area contributed by atoms with Crippen LogP contribution in [0.2, 0.25) is 0 Å². The predicted molar refractivity (Wildman–Crippen MR) is 134 cm³/mol. The first kappa shape index (κ1) is 25.9. The zero-order chi connectivity index (χ0) is 22.3. The van der Waals surface area contributed by atoms with Crippen LogP contribution in [0.5, 0.6) is 23.0 Å². The number of benzene rings is 2. The maximum Gasteiger partial charge on any atom is 0.231 e. The van der Waals surface area contributed by atoms with Crippen LogP contribution in [-0.2, 0) is 6.54 Å². The maximum absolute atomic E-state index is 10.6. The van der Waals surface area contributed by atoms with Crippen LogP contribution in [0.4, 0.5) is 0 Å². The Balaban J connectivity index is 0.00000306. The van der Waals surface area contributed by atoms with Crippen LogP contribution in [0.3, 0.4) is 0 Å². The topological polar surface area (TPSA) is 69.2 Å². The molecular weight excluding hydrogens is 510 g/mol. The molecule has 0 amide bonds. The number of rotatable bonds is 8. The van der Waals surface area contributed by atoms with Gasteiger partial charge in [-0.25, -0.2) is 0 Å². The number of ether oxygens (including phenoxy) is 4. The van der Waals surface area contributed by atoms with Gasteiger partial charge in [0.05, 0.1) is 11.6 Å². The molecule has 1 unspecified atom stereocenters. The van der Waals surface area contributed by atoms with Crippen molar-refractivity contribution in [2.75, 3.05) is 20.5 Å². The molecule has 1 fully saturated rings. The zero-order valence-corrected chi connectivity index (χ0v) is 21.4. The summed E-state index contributed by atoms with van der Waals surface area (Å²) in [4.78, 5) is 0. The summed E-state index contributed by atoms with van der Waals surface area (Å²) in [6.07, 6.45) is 8.38. The van der Waals surface area contributed by atoms with E-state index in [2.05, 4.69) is 27.3 Å². The fourth-order valence-corrected chi connectivity index (χ4v) is 4.92. The van der Waals surface area contributed by atoms with Crippen molar-refractivity contribution in [3.63, 3.8) is 0 Å². The zero-order valence-electron chi connectivity index (χ0n) is 19.0. The van der Waals surface area contributed by atoms with Crippen LogP contribution < -0.4 is 24.3 Å². The fraction of sp³-hybridized carbons (Fsp3) is 0.520. The van der Waals surface area contributed by atoms with E-state index < -0.39 is 6.10 Å². The second-order valence-corrected chi connectivity index (χ2v) is 9.33. The van der Waals surface area contributed by atoms with Gasteiger partial charge >= 0.3 is 0 Å². The highest BCUT2D eigenvalue weighted by molar-refractivity contribution is 9.10. The summed E-state index contributed by atoms with van der Waals surface area (Å²) in [5.74, 6) is 2.56. The van der Waals surface area contributed by atoms with Crippen molar-refractivity contribution in [3.8, 4) is 23.0 Å². The van der Waals surface area contributed by atoms with Crippen LogP contribution in [0.1, 0.15) is 62.2 Å². The van der Waals surface area contributed by atoms with Gasteiger partial charge in [0.2, 0.25) is 6.79 Å². The molecule has 0 radical (unpaired) electrons. The molecule has 0 spiro atoms. The van der Waals surface area contributed by atoms with Gasteiger partial charge in [0.25, 0.3) is 0 Å². The molecule has 182 valence electrons. The highest BCUT2D eigenvalue weighted by atomic mass is 79.9. The minimum Gasteiger partial charge on any atom is -0.493 e. The van der Waals surface area contributed by atoms with Gasteiger partial charge in [-0.2, -0.15) is 0 Å². The van der Waals surface area contributed by atoms with Gasteiger partial charge < -0.3 is 29.4 Å². The van der Waals surface area contributed by atoms with Crippen molar-refractivity contribution < 1.29 is 24.1 Å². The van der Waals surface area contributed by atoms with Crippen molar-refractivity contribution in [2.24, 2.45) is 0 Å². The number of methoxy groups -OCH3 is 1. The standard InChI is InChI=1S/C25H32BrNO5.ClH/c1-29-24-12-17(14-27-19-7-5-3-2-4-6-8-19)11-20(26)25(24)30-15-21(28)18-9-10-22-23(13-18)32-16-31-22;/h9-13,19,21,27-28H,2-8,14-16H2,1H3;1H. The van der Waals surface area contributed by atoms with Gasteiger partial charge in [-0.05, 0) is 64.2 Å². The SMILES string of the molecule is COc1cc(CNC2CCCCCCC2)cc(Br)c1OCC(O)c1ccc2c(c1)OCO2.Cl. The Kier molecular flexibility index (Phi) is 9.98. The van der Waals surface area contributed by atoms with E-state index in [4.69, 9.17) is 18.9 Å². The number of aliphatic hydroxyl groups excluding tert-OH is 1. The number of hydrogen-bond donors (Lipinski definition) is 2. The summed E-state index contributed by atoms with van der Waals surface area (Å²) in [6.45, 7) is 1.09. The molecule has 2 aliphatic rings. The molecule has 1 heterocycles. The molecule has 2 aromatic carbocycles. The van der Waals surface area contributed by atoms with Crippen LogP contribution in [0, 0.1) is 0 Å². The van der Waals surface area contributed by atoms with Gasteiger partial charge in [-0.15, -0.1) is 12.4 Å². The summed E-state index contributed by atoms with van der Waals surface area (Å²) in [5.41, 5.74) is 1.85. The van der Waals surface area contributed by atoms with E-state index in [0.717, 1.165) is 16.6 Å². The van der Waals surface area contributed by atoms with Crippen molar-refractivity contribution in [1.29, 1.82) is 0 Å². The van der Waals surface area contributed by atoms with E-state index >= 15 is 0 Å². The van der Waals surface area contributed by atoms with Gasteiger partial charge in [0.1, 0.15) is 12.7 Å². The van der Waals surface area contributed by atoms with Gasteiger partial charge in [-0.1, -0.05) is 38.2 Å². The van der Waals surface area contributed by atoms with Gasteiger partial charge in [-0.3, -0.25) is 0 Å². The lowest BCUT2D eigenvalue weighted by molar-refractivity contribution is 0.105. The van der Waals surface area contributed by atoms with E-state index in [1.54, 1.807) is 19.2 Å². The summed E-state index contributed by atoms with van der Waals surface area (Å²) in [7, 11) is 1.63. The maximum atomic E-state index is 10.6. The van der Waals surface area contributed by atoms with Crippen molar-refractivity contribution in [2.45, 2.75) is 63.6 Å². The van der Waals surface area contributed by atoms with Crippen LogP contribution >= 0.6 is 28.3 Å². The lowest BCUT2D eigenvalue weighted by atomic mass is 9.96. The minimum absolute atomic E-state index is 0. The third-order valence-corrected chi connectivity index (χ3v) is 6.75. The highest BCUT2D eigenvalue weighted by Gasteiger charge is 2.19. The quantitative estimate of drug-likeness (QED) is 0.431. The van der Waals surface area contributed by atoms with E-state index in [1.807, 2.05) is 12.1 Å². The second kappa shape index (κ2) is 12.7. The molecule has 4 rings (SSSR count). The number of fused-ring (bicyclic) bond motifs is 1. The number of nitrogens with one attached hydrogen (secondary N) is 1. The molecular formula is C25H33BrClNO5. The molecule has 0 bridgehead atoms. The first-order valence-electron chi connectivity index (χ1n) is 11.4. The van der Waals surface area contributed by atoms with E-state index in [0.29, 0.717) is 34.6 Å². The summed E-state index contributed by atoms with van der Waals surface area (Å²) >= 11 is 3.62. The Labute approximate surface area is 210 Å². The van der Waals surface area contributed by atoms with Gasteiger partial charge in [0, 0.05) is 12.6 Å². The Morgan fingerprint density at radius 3 is 2.55 bits per heavy atom. The molecule has 1 saturated carbocycles. The van der Waals surface area contributed by atoms with Crippen LogP contribution in [-0.4, -0.2) is 31.7 Å². The smallest absolute Gasteiger partial charge is 0.231 e. The van der Waals surface area contributed by atoms with Crippen LogP contribution in [0.25, 0.3) is 0 Å². The molecule has 1 aliphatic carbocycles. The normalized spacial score (nSPS) is 16.9. The third kappa shape index (κ3) is 6.92. The first-order chi connectivity index (χ1) is 15.6. The monoisotopic (exact) mass is 541 g/mol. The van der Waals surface area contributed by atoms with E-state index in [1.165, 1.54) is 44.9 Å². The molecule has 2 N–H and O–H groups in total. The third-order valence-electron chi connectivity index (χ3n) is 6.16. The summed E-state index contributed by atoms with van der Waals surface area (Å²) < 4.78 is 23.1. The average molecular weight is 543 g/mol. The number of aliphatic hydroxyl groups is 1. The molecule has 0 aromatic heterocycles. The largest absolute Gasteiger partial charge is 0.493 e. The molecule has 33 heavy (non-hydrogen) atoms. The van der Waals surface area contributed by atoms with Crippen molar-refractivity contribution in [1.82, 2.24) is 5.32 Å². The molecule has 0 saturated heterocycles. The van der Waals surface area contributed by atoms with Crippen molar-refractivity contribution >= 4 is 28.3 Å². The molecule has 1 aliphatic heterocycles. The van der Waals surface area contributed by atoms with E-state index in [9.17, 15) is 5.11 Å². The lowest BCUT2D eigenvalue weighted by Crippen LogP contribution is -2.29. The number of hydrogen-bond acceptors (Lipinski definition) is 6. The Morgan fingerprint density at radius 1 is 1.06 bits per heavy atom. The summed E-state index contributed by atoms with van der Waals surface area (Å²) in [6, 6.07) is 10.0. The molecule has 2 aromatic rings. The fourth-order valence-electron chi connectivity index (χ4n) is 4.32. The molecule has 8 heteroatoms. The second-order valence-electron chi connectivity index (χ2n) is 8.47. The summed E-state index contributed by atoms with van der Waals surface area (Å²) in [5, 5.41) is 14.3. The molecule has 6 nitrogen and oxygen atoms in total. The number of halogens is 2. The molecule has 1 atom stereocenters. The minimum atomic E-state index is -0.804. The predicted octanol–water partition coefficient (Wildman–Crippen LogP) is 5.92. The highest BCUT2D eigenvalue weighted by Crippen LogP contribution is 2.38.